The van der Waals surface area contributed by atoms with Crippen molar-refractivity contribution in [1.82, 2.24) is 9.97 Å². The van der Waals surface area contributed by atoms with Gasteiger partial charge in [-0.05, 0) is 18.2 Å². The van der Waals surface area contributed by atoms with E-state index in [4.69, 9.17) is 0 Å². The molecule has 0 aliphatic rings. The molecule has 0 saturated heterocycles. The van der Waals surface area contributed by atoms with E-state index in [2.05, 4.69) is 14.7 Å². The molecule has 0 unspecified atom stereocenters. The second-order valence-electron chi connectivity index (χ2n) is 4.79. The van der Waals surface area contributed by atoms with E-state index < -0.39 is 26.7 Å². The molecule has 6 nitrogen and oxygen atoms in total. The van der Waals surface area contributed by atoms with E-state index in [9.17, 15) is 21.6 Å². The van der Waals surface area contributed by atoms with Gasteiger partial charge in [0.25, 0.3) is 10.0 Å². The zero-order valence-corrected chi connectivity index (χ0v) is 13.0. The Bertz CT molecular complexity index is 807. The van der Waals surface area contributed by atoms with Gasteiger partial charge in [0.2, 0.25) is 0 Å². The molecule has 1 heterocycles. The first-order valence-electron chi connectivity index (χ1n) is 6.29. The lowest BCUT2D eigenvalue weighted by molar-refractivity contribution is -0.137. The van der Waals surface area contributed by atoms with Crippen molar-refractivity contribution < 1.29 is 21.6 Å². The summed E-state index contributed by atoms with van der Waals surface area (Å²) in [7, 11) is -0.794. The molecule has 0 atom stereocenters. The Morgan fingerprint density at radius 2 is 1.83 bits per heavy atom. The van der Waals surface area contributed by atoms with Gasteiger partial charge >= 0.3 is 6.18 Å². The minimum absolute atomic E-state index is 0.0406. The smallest absolute Gasteiger partial charge is 0.363 e. The van der Waals surface area contributed by atoms with Gasteiger partial charge in [-0.15, -0.1) is 0 Å². The predicted octanol–water partition coefficient (Wildman–Crippen LogP) is 2.36. The molecule has 0 radical (unpaired) electrons. The molecule has 0 bridgehead atoms. The first-order valence-corrected chi connectivity index (χ1v) is 7.77. The Balaban J connectivity index is 2.34. The first kappa shape index (κ1) is 17.0. The molecule has 0 aliphatic heterocycles. The van der Waals surface area contributed by atoms with E-state index in [1.54, 1.807) is 19.0 Å². The molecule has 1 aromatic heterocycles. The van der Waals surface area contributed by atoms with Crippen molar-refractivity contribution in [3.05, 3.63) is 42.2 Å². The van der Waals surface area contributed by atoms with Gasteiger partial charge in [-0.3, -0.25) is 4.72 Å². The average molecular weight is 346 g/mol. The number of alkyl halides is 3. The van der Waals surface area contributed by atoms with Gasteiger partial charge in [0, 0.05) is 20.2 Å². The number of halogens is 3. The average Bonchev–Trinajstić information content (AvgIpc) is 2.46. The van der Waals surface area contributed by atoms with Gasteiger partial charge in [0.1, 0.15) is 18.0 Å². The Morgan fingerprint density at radius 1 is 1.13 bits per heavy atom. The summed E-state index contributed by atoms with van der Waals surface area (Å²) in [5.41, 5.74) is -1.04. The number of hydrogen-bond acceptors (Lipinski definition) is 5. The number of nitrogens with zero attached hydrogens (tertiary/aromatic N) is 3. The summed E-state index contributed by atoms with van der Waals surface area (Å²) >= 11 is 0. The molecule has 2 rings (SSSR count). The summed E-state index contributed by atoms with van der Waals surface area (Å²) in [5, 5.41) is 0. The van der Waals surface area contributed by atoms with Crippen LogP contribution in [0.3, 0.4) is 0 Å². The van der Waals surface area contributed by atoms with Gasteiger partial charge in [-0.2, -0.15) is 13.2 Å². The molecular formula is C13H13F3N4O2S. The van der Waals surface area contributed by atoms with Crippen molar-refractivity contribution in [3.8, 4) is 0 Å². The van der Waals surface area contributed by atoms with Crippen LogP contribution in [-0.2, 0) is 16.2 Å². The second-order valence-corrected chi connectivity index (χ2v) is 6.47. The van der Waals surface area contributed by atoms with E-state index in [0.29, 0.717) is 11.9 Å². The summed E-state index contributed by atoms with van der Waals surface area (Å²) in [6.45, 7) is 0. The zero-order chi connectivity index (χ0) is 17.3. The summed E-state index contributed by atoms with van der Waals surface area (Å²) in [6.07, 6.45) is -3.47. The molecule has 10 heteroatoms. The lowest BCUT2D eigenvalue weighted by Gasteiger charge is -2.13. The highest BCUT2D eigenvalue weighted by molar-refractivity contribution is 7.92. The molecular weight excluding hydrogens is 333 g/mol. The van der Waals surface area contributed by atoms with Gasteiger partial charge in [-0.25, -0.2) is 18.4 Å². The summed E-state index contributed by atoms with van der Waals surface area (Å²) < 4.78 is 64.6. The largest absolute Gasteiger partial charge is 0.416 e. The van der Waals surface area contributed by atoms with Crippen LogP contribution in [0, 0.1) is 0 Å². The van der Waals surface area contributed by atoms with Crippen LogP contribution in [0.2, 0.25) is 0 Å². The Hall–Kier alpha value is -2.36. The monoisotopic (exact) mass is 346 g/mol. The third-order valence-corrected chi connectivity index (χ3v) is 4.17. The van der Waals surface area contributed by atoms with Gasteiger partial charge in [0.05, 0.1) is 10.5 Å². The van der Waals surface area contributed by atoms with Crippen molar-refractivity contribution >= 4 is 21.7 Å². The van der Waals surface area contributed by atoms with Crippen LogP contribution < -0.4 is 9.62 Å². The third kappa shape index (κ3) is 4.09. The van der Waals surface area contributed by atoms with Crippen molar-refractivity contribution in [1.29, 1.82) is 0 Å². The molecule has 1 N–H and O–H groups in total. The van der Waals surface area contributed by atoms with E-state index in [0.717, 1.165) is 24.5 Å². The number of aromatic nitrogens is 2. The standard InChI is InChI=1S/C13H13F3N4O2S/c1-20(2)12-7-11(17-8-18-12)19-23(21,22)10-5-3-4-9(6-10)13(14,15)16/h3-8H,1-2H3,(H,17,18,19). The van der Waals surface area contributed by atoms with Crippen LogP contribution >= 0.6 is 0 Å². The van der Waals surface area contributed by atoms with Crippen molar-refractivity contribution in [2.24, 2.45) is 0 Å². The fourth-order valence-corrected chi connectivity index (χ4v) is 2.73. The molecule has 0 amide bonds. The van der Waals surface area contributed by atoms with E-state index in [1.807, 2.05) is 0 Å². The number of sulfonamides is 1. The second kappa shape index (κ2) is 6.03. The van der Waals surface area contributed by atoms with Crippen molar-refractivity contribution in [2.75, 3.05) is 23.7 Å². The highest BCUT2D eigenvalue weighted by atomic mass is 32.2. The maximum atomic E-state index is 12.7. The molecule has 1 aromatic carbocycles. The predicted molar refractivity (Wildman–Crippen MR) is 78.6 cm³/mol. The van der Waals surface area contributed by atoms with Crippen LogP contribution in [0.5, 0.6) is 0 Å². The number of rotatable bonds is 4. The van der Waals surface area contributed by atoms with Crippen molar-refractivity contribution in [2.45, 2.75) is 11.1 Å². The third-order valence-electron chi connectivity index (χ3n) is 2.82. The van der Waals surface area contributed by atoms with Gasteiger partial charge in [0.15, 0.2) is 0 Å². The van der Waals surface area contributed by atoms with Crippen LogP contribution in [-0.4, -0.2) is 32.5 Å². The quantitative estimate of drug-likeness (QED) is 0.920. The summed E-state index contributed by atoms with van der Waals surface area (Å²) in [5.74, 6) is 0.405. The van der Waals surface area contributed by atoms with E-state index >= 15 is 0 Å². The number of hydrogen-bond donors (Lipinski definition) is 1. The molecule has 0 aliphatic carbocycles. The van der Waals surface area contributed by atoms with Gasteiger partial charge < -0.3 is 4.90 Å². The number of anilines is 2. The SMILES string of the molecule is CN(C)c1cc(NS(=O)(=O)c2cccc(C(F)(F)F)c2)ncn1. The molecule has 0 fully saturated rings. The Morgan fingerprint density at radius 3 is 2.43 bits per heavy atom. The zero-order valence-electron chi connectivity index (χ0n) is 12.2. The summed E-state index contributed by atoms with van der Waals surface area (Å²) in [6, 6.07) is 4.84. The minimum Gasteiger partial charge on any atom is -0.363 e. The molecule has 0 spiro atoms. The molecule has 2 aromatic rings. The normalized spacial score (nSPS) is 12.0. The van der Waals surface area contributed by atoms with Crippen LogP contribution in [0.25, 0.3) is 0 Å². The topological polar surface area (TPSA) is 75.2 Å². The highest BCUT2D eigenvalue weighted by Crippen LogP contribution is 2.30. The van der Waals surface area contributed by atoms with E-state index in [1.165, 1.54) is 6.07 Å². The molecule has 23 heavy (non-hydrogen) atoms. The lowest BCUT2D eigenvalue weighted by Crippen LogP contribution is -2.17. The minimum atomic E-state index is -4.63. The van der Waals surface area contributed by atoms with Gasteiger partial charge in [-0.1, -0.05) is 6.07 Å². The summed E-state index contributed by atoms with van der Waals surface area (Å²) in [4.78, 5) is 8.80. The number of benzene rings is 1. The Labute approximate surface area is 131 Å². The van der Waals surface area contributed by atoms with Crippen molar-refractivity contribution in [3.63, 3.8) is 0 Å². The molecule has 124 valence electrons. The van der Waals surface area contributed by atoms with Crippen LogP contribution in [0.15, 0.2) is 41.6 Å². The maximum absolute atomic E-state index is 12.7. The number of nitrogens with one attached hydrogen (secondary N) is 1. The highest BCUT2D eigenvalue weighted by Gasteiger charge is 2.31. The lowest BCUT2D eigenvalue weighted by atomic mass is 10.2. The Kier molecular flexibility index (Phi) is 4.46. The fraction of sp³-hybridized carbons (Fsp3) is 0.231. The maximum Gasteiger partial charge on any atom is 0.416 e. The van der Waals surface area contributed by atoms with E-state index in [-0.39, 0.29) is 5.82 Å². The first-order chi connectivity index (χ1) is 10.6. The molecule has 0 saturated carbocycles. The fourth-order valence-electron chi connectivity index (χ4n) is 1.68. The van der Waals surface area contributed by atoms with Crippen LogP contribution in [0.1, 0.15) is 5.56 Å². The van der Waals surface area contributed by atoms with Crippen LogP contribution in [0.4, 0.5) is 24.8 Å².